The van der Waals surface area contributed by atoms with Crippen LogP contribution in [0.25, 0.3) is 61.8 Å². The van der Waals surface area contributed by atoms with Crippen molar-refractivity contribution in [3.63, 3.8) is 0 Å². The Morgan fingerprint density at radius 3 is 1.94 bits per heavy atom. The third kappa shape index (κ3) is 5.41. The molecule has 0 amide bonds. The second kappa shape index (κ2) is 12.6. The van der Waals surface area contributed by atoms with Gasteiger partial charge in [-0.25, -0.2) is 4.98 Å². The quantitative estimate of drug-likeness (QED) is 0.164. The first-order valence-electron chi connectivity index (χ1n) is 16.5. The number of rotatable bonds is 8. The normalized spacial score (nSPS) is 11.7. The van der Waals surface area contributed by atoms with Gasteiger partial charge in [-0.3, -0.25) is 4.40 Å². The molecule has 0 saturated carbocycles. The molecule has 8 aromatic rings. The molecular formula is C44H35N5. The SMILES string of the molecule is CN/C(=C\C(=N)c1cccc(-c2c(-c3ccccc3)c(C)c3ccccn23)c1)c1cccc(-c2c(-c3ccccc3)nc3ccccn23)c1. The molecule has 5 heteroatoms. The van der Waals surface area contributed by atoms with E-state index in [4.69, 9.17) is 4.98 Å². The lowest BCUT2D eigenvalue weighted by Gasteiger charge is -2.13. The van der Waals surface area contributed by atoms with Crippen LogP contribution in [0.5, 0.6) is 0 Å². The van der Waals surface area contributed by atoms with E-state index in [0.29, 0.717) is 5.71 Å². The fourth-order valence-corrected chi connectivity index (χ4v) is 6.88. The average Bonchev–Trinajstić information content (AvgIpc) is 3.70. The Hall–Kier alpha value is -6.46. The van der Waals surface area contributed by atoms with Crippen molar-refractivity contribution in [2.45, 2.75) is 6.92 Å². The summed E-state index contributed by atoms with van der Waals surface area (Å²) in [6.07, 6.45) is 6.11. The molecule has 0 aliphatic carbocycles. The largest absolute Gasteiger partial charge is 0.388 e. The summed E-state index contributed by atoms with van der Waals surface area (Å²) in [4.78, 5) is 5.02. The summed E-state index contributed by atoms with van der Waals surface area (Å²) in [5.74, 6) is 0. The molecule has 0 unspecified atom stereocenters. The van der Waals surface area contributed by atoms with Crippen molar-refractivity contribution in [2.24, 2.45) is 0 Å². The highest BCUT2D eigenvalue weighted by Gasteiger charge is 2.20. The van der Waals surface area contributed by atoms with Gasteiger partial charge in [-0.05, 0) is 71.7 Å². The van der Waals surface area contributed by atoms with Crippen molar-refractivity contribution >= 4 is 22.6 Å². The van der Waals surface area contributed by atoms with Gasteiger partial charge >= 0.3 is 0 Å². The molecule has 5 nitrogen and oxygen atoms in total. The zero-order chi connectivity index (χ0) is 33.3. The monoisotopic (exact) mass is 633 g/mol. The van der Waals surface area contributed by atoms with Crippen molar-refractivity contribution in [1.29, 1.82) is 5.41 Å². The molecule has 4 heterocycles. The highest BCUT2D eigenvalue weighted by molar-refractivity contribution is 6.11. The molecule has 0 spiro atoms. The van der Waals surface area contributed by atoms with Crippen molar-refractivity contribution in [2.75, 3.05) is 7.05 Å². The molecule has 0 aliphatic heterocycles. The van der Waals surface area contributed by atoms with Crippen molar-refractivity contribution < 1.29 is 0 Å². The fourth-order valence-electron chi connectivity index (χ4n) is 6.88. The van der Waals surface area contributed by atoms with E-state index in [2.05, 4.69) is 137 Å². The molecule has 49 heavy (non-hydrogen) atoms. The third-order valence-electron chi connectivity index (χ3n) is 9.19. The Morgan fingerprint density at radius 1 is 0.612 bits per heavy atom. The van der Waals surface area contributed by atoms with Crippen LogP contribution in [0, 0.1) is 12.3 Å². The van der Waals surface area contributed by atoms with Crippen LogP contribution in [0.15, 0.2) is 164 Å². The fraction of sp³-hybridized carbons (Fsp3) is 0.0455. The number of aromatic nitrogens is 3. The molecule has 0 saturated heterocycles. The molecule has 0 aliphatic rings. The topological polar surface area (TPSA) is 57.6 Å². The predicted molar refractivity (Wildman–Crippen MR) is 203 cm³/mol. The first kappa shape index (κ1) is 29.9. The Balaban J connectivity index is 1.19. The van der Waals surface area contributed by atoms with Gasteiger partial charge in [0.15, 0.2) is 0 Å². The number of hydrogen-bond acceptors (Lipinski definition) is 3. The predicted octanol–water partition coefficient (Wildman–Crippen LogP) is 10.2. The Kier molecular flexibility index (Phi) is 7.71. The highest BCUT2D eigenvalue weighted by Crippen LogP contribution is 2.39. The standard InChI is InChI=1S/C44H35N5/c1-30-39-23-9-11-25-48(39)43(41(30)31-15-5-3-6-16-31)35-21-13-19-33(27-35)37(45)29-38(46-2)34-20-14-22-36(28-34)44-42(32-17-7-4-8-18-32)47-40-24-10-12-26-49(40)44/h3-29,45-46H,1-2H3/b38-29-,45-37?. The minimum Gasteiger partial charge on any atom is -0.388 e. The minimum absolute atomic E-state index is 0.426. The van der Waals surface area contributed by atoms with Crippen LogP contribution in [-0.2, 0) is 0 Å². The summed E-state index contributed by atoms with van der Waals surface area (Å²) < 4.78 is 4.42. The van der Waals surface area contributed by atoms with Gasteiger partial charge in [-0.1, -0.05) is 109 Å². The molecule has 0 radical (unpaired) electrons. The molecule has 0 atom stereocenters. The molecular weight excluding hydrogens is 599 g/mol. The van der Waals surface area contributed by atoms with Gasteiger partial charge in [0.05, 0.1) is 22.8 Å². The van der Waals surface area contributed by atoms with E-state index in [1.54, 1.807) is 0 Å². The molecule has 0 bridgehead atoms. The van der Waals surface area contributed by atoms with E-state index in [0.717, 1.165) is 56.2 Å². The van der Waals surface area contributed by atoms with E-state index >= 15 is 0 Å². The summed E-state index contributed by atoms with van der Waals surface area (Å²) in [5.41, 5.74) is 15.1. The van der Waals surface area contributed by atoms with Gasteiger partial charge in [0.1, 0.15) is 5.65 Å². The number of allylic oxidation sites excluding steroid dienone is 1. The summed E-state index contributed by atoms with van der Waals surface area (Å²) in [6, 6.07) is 50.1. The smallest absolute Gasteiger partial charge is 0.137 e. The van der Waals surface area contributed by atoms with E-state index in [-0.39, 0.29) is 0 Å². The maximum absolute atomic E-state index is 9.27. The molecule has 4 aromatic heterocycles. The maximum atomic E-state index is 9.27. The van der Waals surface area contributed by atoms with Crippen LogP contribution in [-0.4, -0.2) is 26.5 Å². The van der Waals surface area contributed by atoms with Crippen LogP contribution in [0.2, 0.25) is 0 Å². The lowest BCUT2D eigenvalue weighted by atomic mass is 9.96. The van der Waals surface area contributed by atoms with Crippen LogP contribution < -0.4 is 5.32 Å². The average molecular weight is 634 g/mol. The van der Waals surface area contributed by atoms with Crippen molar-refractivity contribution in [1.82, 2.24) is 19.1 Å². The van der Waals surface area contributed by atoms with E-state index < -0.39 is 0 Å². The summed E-state index contributed by atoms with van der Waals surface area (Å²) >= 11 is 0. The minimum atomic E-state index is 0.426. The van der Waals surface area contributed by atoms with Gasteiger partial charge in [0, 0.05) is 52.9 Å². The van der Waals surface area contributed by atoms with Crippen molar-refractivity contribution in [3.8, 4) is 44.9 Å². The summed E-state index contributed by atoms with van der Waals surface area (Å²) in [5, 5.41) is 12.6. The second-order valence-electron chi connectivity index (χ2n) is 12.2. The van der Waals surface area contributed by atoms with Crippen LogP contribution in [0.3, 0.4) is 0 Å². The number of imidazole rings is 1. The second-order valence-corrected chi connectivity index (χ2v) is 12.2. The Labute approximate surface area is 286 Å². The molecule has 8 rings (SSSR count). The van der Waals surface area contributed by atoms with E-state index in [1.807, 2.05) is 55.6 Å². The Bertz CT molecular complexity index is 2500. The van der Waals surface area contributed by atoms with Gasteiger partial charge in [0.2, 0.25) is 0 Å². The lowest BCUT2D eigenvalue weighted by molar-refractivity contribution is 1.13. The highest BCUT2D eigenvalue weighted by atomic mass is 15.0. The van der Waals surface area contributed by atoms with Gasteiger partial charge in [-0.15, -0.1) is 0 Å². The molecule has 2 N–H and O–H groups in total. The zero-order valence-corrected chi connectivity index (χ0v) is 27.4. The first-order chi connectivity index (χ1) is 24.1. The number of benzene rings is 4. The third-order valence-corrected chi connectivity index (χ3v) is 9.19. The van der Waals surface area contributed by atoms with E-state index in [1.165, 1.54) is 22.2 Å². The number of fused-ring (bicyclic) bond motifs is 2. The van der Waals surface area contributed by atoms with Crippen LogP contribution in [0.1, 0.15) is 16.7 Å². The summed E-state index contributed by atoms with van der Waals surface area (Å²) in [6.45, 7) is 2.19. The van der Waals surface area contributed by atoms with Gasteiger partial charge in [0.25, 0.3) is 0 Å². The van der Waals surface area contributed by atoms with Crippen LogP contribution >= 0.6 is 0 Å². The van der Waals surface area contributed by atoms with Crippen molar-refractivity contribution in [3.05, 3.63) is 181 Å². The molecule has 0 fully saturated rings. The number of nitrogens with zero attached hydrogens (tertiary/aromatic N) is 3. The number of aryl methyl sites for hydroxylation is 1. The zero-order valence-electron chi connectivity index (χ0n) is 27.4. The number of hydrogen-bond donors (Lipinski definition) is 2. The maximum Gasteiger partial charge on any atom is 0.137 e. The number of nitrogens with one attached hydrogen (secondary N) is 2. The molecule has 236 valence electrons. The van der Waals surface area contributed by atoms with Gasteiger partial charge in [-0.2, -0.15) is 0 Å². The lowest BCUT2D eigenvalue weighted by Crippen LogP contribution is -2.08. The van der Waals surface area contributed by atoms with Crippen LogP contribution in [0.4, 0.5) is 0 Å². The molecule has 4 aromatic carbocycles. The van der Waals surface area contributed by atoms with Gasteiger partial charge < -0.3 is 15.1 Å². The summed E-state index contributed by atoms with van der Waals surface area (Å²) in [7, 11) is 1.91. The Morgan fingerprint density at radius 2 is 1.20 bits per heavy atom. The van der Waals surface area contributed by atoms with E-state index in [9.17, 15) is 5.41 Å². The number of pyridine rings is 2. The first-order valence-corrected chi connectivity index (χ1v) is 16.5.